The van der Waals surface area contributed by atoms with Crippen LogP contribution in [0.2, 0.25) is 0 Å². The number of nitrogens with zero attached hydrogens (tertiary/aromatic N) is 1. The fraction of sp³-hybridized carbons (Fsp3) is 0.619. The van der Waals surface area contributed by atoms with Gasteiger partial charge in [0.15, 0.2) is 11.6 Å². The van der Waals surface area contributed by atoms with Crippen LogP contribution in [0.25, 0.3) is 0 Å². The second-order valence-electron chi connectivity index (χ2n) is 8.64. The zero-order valence-corrected chi connectivity index (χ0v) is 16.2. The molecular weight excluding hydrogens is 383 g/mol. The molecule has 8 heteroatoms. The lowest BCUT2D eigenvalue weighted by atomic mass is 9.82. The summed E-state index contributed by atoms with van der Waals surface area (Å²) in [7, 11) is 0. The van der Waals surface area contributed by atoms with Crippen LogP contribution < -0.4 is 11.1 Å². The molecule has 1 aliphatic carbocycles. The van der Waals surface area contributed by atoms with Gasteiger partial charge in [-0.25, -0.2) is 13.2 Å². The number of rotatable bonds is 6. The molecule has 0 spiro atoms. The molecule has 0 aromatic heterocycles. The van der Waals surface area contributed by atoms with E-state index in [2.05, 4.69) is 5.32 Å². The predicted molar refractivity (Wildman–Crippen MR) is 100 cm³/mol. The molecule has 2 aliphatic heterocycles. The molecule has 4 rings (SSSR count). The van der Waals surface area contributed by atoms with Crippen LogP contribution in [0.1, 0.15) is 44.1 Å². The highest BCUT2D eigenvalue weighted by molar-refractivity contribution is 5.87. The van der Waals surface area contributed by atoms with E-state index in [0.29, 0.717) is 18.9 Å². The van der Waals surface area contributed by atoms with Crippen LogP contribution in [0.3, 0.4) is 0 Å². The number of hydrogen-bond donors (Lipinski definition) is 2. The van der Waals surface area contributed by atoms with E-state index in [9.17, 15) is 22.8 Å². The quantitative estimate of drug-likeness (QED) is 0.708. The highest BCUT2D eigenvalue weighted by atomic mass is 19.2. The third-order valence-electron chi connectivity index (χ3n) is 6.57. The van der Waals surface area contributed by atoms with Gasteiger partial charge in [0.25, 0.3) is 0 Å². The minimum absolute atomic E-state index is 0.0269. The Balaban J connectivity index is 1.35. The molecule has 3 fully saturated rings. The lowest BCUT2D eigenvalue weighted by molar-refractivity contribution is -0.137. The van der Waals surface area contributed by atoms with Crippen molar-refractivity contribution in [3.05, 3.63) is 35.1 Å². The first-order valence-electron chi connectivity index (χ1n) is 10.3. The van der Waals surface area contributed by atoms with Gasteiger partial charge in [0.1, 0.15) is 5.82 Å². The van der Waals surface area contributed by atoms with E-state index in [1.54, 1.807) is 0 Å². The minimum atomic E-state index is -1.21. The van der Waals surface area contributed by atoms with Crippen LogP contribution in [-0.4, -0.2) is 41.4 Å². The van der Waals surface area contributed by atoms with Crippen LogP contribution >= 0.6 is 0 Å². The van der Waals surface area contributed by atoms with Crippen LogP contribution in [0, 0.1) is 29.3 Å². The maximum Gasteiger partial charge on any atom is 0.242 e. The molecule has 29 heavy (non-hydrogen) atoms. The Labute approximate surface area is 167 Å². The van der Waals surface area contributed by atoms with Crippen molar-refractivity contribution in [1.29, 1.82) is 0 Å². The normalized spacial score (nSPS) is 27.0. The lowest BCUT2D eigenvalue weighted by Crippen LogP contribution is -2.52. The summed E-state index contributed by atoms with van der Waals surface area (Å²) >= 11 is 0. The number of benzene rings is 1. The number of nitrogens with two attached hydrogens (primary N) is 1. The van der Waals surface area contributed by atoms with Gasteiger partial charge in [0, 0.05) is 30.1 Å². The van der Waals surface area contributed by atoms with E-state index in [1.165, 1.54) is 0 Å². The van der Waals surface area contributed by atoms with Crippen molar-refractivity contribution >= 4 is 11.8 Å². The van der Waals surface area contributed by atoms with Gasteiger partial charge in [-0.15, -0.1) is 0 Å². The van der Waals surface area contributed by atoms with Gasteiger partial charge < -0.3 is 16.0 Å². The van der Waals surface area contributed by atoms with Crippen LogP contribution in [-0.2, 0) is 16.0 Å². The summed E-state index contributed by atoms with van der Waals surface area (Å²) in [6.07, 6.45) is 5.08. The number of hydrogen-bond acceptors (Lipinski definition) is 3. The number of halogens is 3. The van der Waals surface area contributed by atoms with Gasteiger partial charge in [-0.2, -0.15) is 0 Å². The summed E-state index contributed by atoms with van der Waals surface area (Å²) in [5.41, 5.74) is 6.38. The number of fused-ring (bicyclic) bond motifs is 2. The van der Waals surface area contributed by atoms with Gasteiger partial charge in [-0.05, 0) is 62.5 Å². The largest absolute Gasteiger partial charge is 0.347 e. The molecule has 3 N–H and O–H groups in total. The molecule has 0 radical (unpaired) electrons. The van der Waals surface area contributed by atoms with Crippen molar-refractivity contribution in [2.45, 2.75) is 63.1 Å². The molecule has 2 unspecified atom stereocenters. The zero-order chi connectivity index (χ0) is 20.7. The fourth-order valence-electron chi connectivity index (χ4n) is 4.86. The predicted octanol–water partition coefficient (Wildman–Crippen LogP) is 2.27. The van der Waals surface area contributed by atoms with E-state index >= 15 is 0 Å². The SMILES string of the molecule is N[C@H](Cc1cc(F)c(F)cc1F)C1CC2CCC(C1)N2C(=O)CNC(=O)C1CC1. The Bertz CT molecular complexity index is 801. The standard InChI is InChI=1S/C21H26F3N3O2/c22-16-9-18(24)17(23)7-12(16)8-19(25)13-5-14-3-4-15(6-13)27(14)20(28)10-26-21(29)11-1-2-11/h7,9,11,13-15,19H,1-6,8,10,25H2,(H,26,29)/t13?,14?,15?,19-/m1/s1. The maximum atomic E-state index is 14.0. The first-order valence-corrected chi connectivity index (χ1v) is 10.3. The second kappa shape index (κ2) is 7.97. The van der Waals surface area contributed by atoms with Crippen LogP contribution in [0.4, 0.5) is 13.2 Å². The number of nitrogens with one attached hydrogen (secondary N) is 1. The molecular formula is C21H26F3N3O2. The molecule has 1 aromatic carbocycles. The number of carbonyl (C=O) groups is 2. The average Bonchev–Trinajstić information content (AvgIpc) is 3.49. The van der Waals surface area contributed by atoms with E-state index in [0.717, 1.165) is 31.7 Å². The first-order chi connectivity index (χ1) is 13.8. The molecule has 1 saturated carbocycles. The smallest absolute Gasteiger partial charge is 0.242 e. The monoisotopic (exact) mass is 409 g/mol. The Kier molecular flexibility index (Phi) is 5.55. The summed E-state index contributed by atoms with van der Waals surface area (Å²) in [6, 6.07) is 1.15. The Morgan fingerprint density at radius 2 is 1.66 bits per heavy atom. The second-order valence-corrected chi connectivity index (χ2v) is 8.64. The third kappa shape index (κ3) is 4.27. The fourth-order valence-corrected chi connectivity index (χ4v) is 4.86. The maximum absolute atomic E-state index is 14.0. The first kappa shape index (κ1) is 20.2. The summed E-state index contributed by atoms with van der Waals surface area (Å²) in [5, 5.41) is 2.73. The highest BCUT2D eigenvalue weighted by Crippen LogP contribution is 2.40. The van der Waals surface area contributed by atoms with Crippen LogP contribution in [0.15, 0.2) is 12.1 Å². The number of piperidine rings is 1. The third-order valence-corrected chi connectivity index (χ3v) is 6.57. The Morgan fingerprint density at radius 1 is 1.03 bits per heavy atom. The molecule has 3 aliphatic rings. The van der Waals surface area contributed by atoms with Crippen LogP contribution in [0.5, 0.6) is 0 Å². The van der Waals surface area contributed by atoms with E-state index in [1.807, 2.05) is 4.90 Å². The van der Waals surface area contributed by atoms with Crippen molar-refractivity contribution in [3.8, 4) is 0 Å². The number of carbonyl (C=O) groups excluding carboxylic acids is 2. The molecule has 5 nitrogen and oxygen atoms in total. The summed E-state index contributed by atoms with van der Waals surface area (Å²) in [6.45, 7) is 0.0269. The van der Waals surface area contributed by atoms with Gasteiger partial charge in [0.2, 0.25) is 11.8 Å². The molecule has 2 bridgehead atoms. The molecule has 2 amide bonds. The van der Waals surface area contributed by atoms with Gasteiger partial charge >= 0.3 is 0 Å². The molecule has 2 heterocycles. The number of amides is 2. The highest BCUT2D eigenvalue weighted by Gasteiger charge is 2.44. The zero-order valence-electron chi connectivity index (χ0n) is 16.2. The van der Waals surface area contributed by atoms with E-state index in [4.69, 9.17) is 5.73 Å². The van der Waals surface area contributed by atoms with E-state index in [-0.39, 0.29) is 54.3 Å². The van der Waals surface area contributed by atoms with Crippen molar-refractivity contribution in [3.63, 3.8) is 0 Å². The van der Waals surface area contributed by atoms with Gasteiger partial charge in [0.05, 0.1) is 6.54 Å². The molecule has 158 valence electrons. The summed E-state index contributed by atoms with van der Waals surface area (Å²) in [5.74, 6) is -3.05. The molecule has 1 aromatic rings. The van der Waals surface area contributed by atoms with Crippen molar-refractivity contribution in [2.75, 3.05) is 6.54 Å². The Hall–Kier alpha value is -2.09. The summed E-state index contributed by atoms with van der Waals surface area (Å²) in [4.78, 5) is 26.3. The average molecular weight is 409 g/mol. The van der Waals surface area contributed by atoms with Crippen molar-refractivity contribution < 1.29 is 22.8 Å². The minimum Gasteiger partial charge on any atom is -0.347 e. The summed E-state index contributed by atoms with van der Waals surface area (Å²) < 4.78 is 40.5. The van der Waals surface area contributed by atoms with Gasteiger partial charge in [-0.1, -0.05) is 0 Å². The van der Waals surface area contributed by atoms with Crippen molar-refractivity contribution in [2.24, 2.45) is 17.6 Å². The van der Waals surface area contributed by atoms with Gasteiger partial charge in [-0.3, -0.25) is 9.59 Å². The topological polar surface area (TPSA) is 75.4 Å². The van der Waals surface area contributed by atoms with E-state index < -0.39 is 23.5 Å². The molecule has 2 saturated heterocycles. The van der Waals surface area contributed by atoms with Crippen molar-refractivity contribution in [1.82, 2.24) is 10.2 Å². The molecule has 3 atom stereocenters. The Morgan fingerprint density at radius 3 is 2.28 bits per heavy atom. The lowest BCUT2D eigenvalue weighted by Gasteiger charge is -2.41.